The Labute approximate surface area is 159 Å². The van der Waals surface area contributed by atoms with Crippen LogP contribution in [0.4, 0.5) is 11.5 Å². The fraction of sp³-hybridized carbons (Fsp3) is 0.182. The Bertz CT molecular complexity index is 847. The number of carbonyl (C=O) groups is 1. The Morgan fingerprint density at radius 1 is 0.963 bits per heavy atom. The second kappa shape index (κ2) is 9.38. The molecule has 2 N–H and O–H groups in total. The standard InChI is InChI=1S/C22H23N3O2/c1-27-20-10-7-17(8-11-20)13-14-23-21-12-9-19(16-24-21)25-22(26)15-18-5-3-2-4-6-18/h2-12,16H,13-15H2,1H3,(H,23,24)(H,25,26). The van der Waals surface area contributed by atoms with Crippen LogP contribution in [0.1, 0.15) is 11.1 Å². The summed E-state index contributed by atoms with van der Waals surface area (Å²) in [5, 5.41) is 6.16. The van der Waals surface area contributed by atoms with Gasteiger partial charge in [-0.1, -0.05) is 42.5 Å². The van der Waals surface area contributed by atoms with Crippen molar-refractivity contribution in [2.75, 3.05) is 24.3 Å². The Balaban J connectivity index is 1.44. The maximum absolute atomic E-state index is 12.1. The molecule has 3 aromatic rings. The molecule has 1 aromatic heterocycles. The summed E-state index contributed by atoms with van der Waals surface area (Å²) in [6.07, 6.45) is 2.91. The van der Waals surface area contributed by atoms with Crippen LogP contribution in [0.5, 0.6) is 5.75 Å². The predicted molar refractivity (Wildman–Crippen MR) is 108 cm³/mol. The van der Waals surface area contributed by atoms with Crippen LogP contribution < -0.4 is 15.4 Å². The lowest BCUT2D eigenvalue weighted by atomic mass is 10.1. The van der Waals surface area contributed by atoms with Crippen LogP contribution in [0, 0.1) is 0 Å². The highest BCUT2D eigenvalue weighted by molar-refractivity contribution is 5.92. The molecule has 1 heterocycles. The van der Waals surface area contributed by atoms with Gasteiger partial charge in [0.2, 0.25) is 5.91 Å². The first-order valence-corrected chi connectivity index (χ1v) is 8.89. The number of nitrogens with zero attached hydrogens (tertiary/aromatic N) is 1. The van der Waals surface area contributed by atoms with Crippen molar-refractivity contribution < 1.29 is 9.53 Å². The fourth-order valence-electron chi connectivity index (χ4n) is 2.69. The van der Waals surface area contributed by atoms with E-state index >= 15 is 0 Å². The van der Waals surface area contributed by atoms with E-state index in [1.165, 1.54) is 5.56 Å². The monoisotopic (exact) mass is 361 g/mol. The topological polar surface area (TPSA) is 63.2 Å². The van der Waals surface area contributed by atoms with E-state index in [4.69, 9.17) is 4.74 Å². The highest BCUT2D eigenvalue weighted by Gasteiger charge is 2.04. The molecule has 0 atom stereocenters. The first-order valence-electron chi connectivity index (χ1n) is 8.89. The van der Waals surface area contributed by atoms with E-state index in [-0.39, 0.29) is 5.91 Å². The van der Waals surface area contributed by atoms with Crippen molar-refractivity contribution in [3.63, 3.8) is 0 Å². The van der Waals surface area contributed by atoms with Gasteiger partial charge in [0.25, 0.3) is 0 Å². The van der Waals surface area contributed by atoms with Crippen molar-refractivity contribution in [1.29, 1.82) is 0 Å². The van der Waals surface area contributed by atoms with E-state index in [0.29, 0.717) is 12.1 Å². The summed E-state index contributed by atoms with van der Waals surface area (Å²) in [4.78, 5) is 16.4. The predicted octanol–water partition coefficient (Wildman–Crippen LogP) is 3.93. The van der Waals surface area contributed by atoms with E-state index in [1.54, 1.807) is 13.3 Å². The van der Waals surface area contributed by atoms with Gasteiger partial charge in [0, 0.05) is 6.54 Å². The van der Waals surface area contributed by atoms with Crippen LogP contribution in [-0.4, -0.2) is 24.5 Å². The molecule has 0 saturated heterocycles. The third kappa shape index (κ3) is 5.85. The van der Waals surface area contributed by atoms with Crippen molar-refractivity contribution in [3.8, 4) is 5.75 Å². The van der Waals surface area contributed by atoms with E-state index in [1.807, 2.05) is 54.6 Å². The quantitative estimate of drug-likeness (QED) is 0.638. The van der Waals surface area contributed by atoms with Gasteiger partial charge in [0.1, 0.15) is 11.6 Å². The van der Waals surface area contributed by atoms with Gasteiger partial charge in [0.05, 0.1) is 25.4 Å². The van der Waals surface area contributed by atoms with E-state index in [0.717, 1.165) is 30.1 Å². The summed E-state index contributed by atoms with van der Waals surface area (Å²) in [6.45, 7) is 0.777. The number of ether oxygens (including phenoxy) is 1. The summed E-state index contributed by atoms with van der Waals surface area (Å²) in [7, 11) is 1.66. The average Bonchev–Trinajstić information content (AvgIpc) is 2.70. The maximum atomic E-state index is 12.1. The van der Waals surface area contributed by atoms with E-state index < -0.39 is 0 Å². The molecule has 2 aromatic carbocycles. The molecule has 5 nitrogen and oxygen atoms in total. The van der Waals surface area contributed by atoms with Crippen molar-refractivity contribution in [2.24, 2.45) is 0 Å². The number of anilines is 2. The molecule has 1 amide bonds. The number of rotatable bonds is 8. The zero-order valence-electron chi connectivity index (χ0n) is 15.3. The largest absolute Gasteiger partial charge is 0.497 e. The van der Waals surface area contributed by atoms with Crippen molar-refractivity contribution in [1.82, 2.24) is 4.98 Å². The number of benzene rings is 2. The minimum Gasteiger partial charge on any atom is -0.497 e. The minimum atomic E-state index is -0.0526. The number of methoxy groups -OCH3 is 1. The number of hydrogen-bond acceptors (Lipinski definition) is 4. The molecule has 0 fully saturated rings. The molecular formula is C22H23N3O2. The Hall–Kier alpha value is -3.34. The van der Waals surface area contributed by atoms with Gasteiger partial charge in [-0.25, -0.2) is 4.98 Å². The number of aromatic nitrogens is 1. The van der Waals surface area contributed by atoms with Crippen LogP contribution in [0.15, 0.2) is 72.9 Å². The molecule has 0 aliphatic carbocycles. The molecule has 138 valence electrons. The van der Waals surface area contributed by atoms with Gasteiger partial charge >= 0.3 is 0 Å². The molecule has 27 heavy (non-hydrogen) atoms. The lowest BCUT2D eigenvalue weighted by molar-refractivity contribution is -0.115. The molecule has 0 unspecified atom stereocenters. The first-order chi connectivity index (χ1) is 13.2. The smallest absolute Gasteiger partial charge is 0.228 e. The highest BCUT2D eigenvalue weighted by atomic mass is 16.5. The zero-order chi connectivity index (χ0) is 18.9. The molecular weight excluding hydrogens is 338 g/mol. The van der Waals surface area contributed by atoms with Crippen LogP contribution in [0.25, 0.3) is 0 Å². The van der Waals surface area contributed by atoms with Gasteiger partial charge in [-0.15, -0.1) is 0 Å². The summed E-state index contributed by atoms with van der Waals surface area (Å²) in [5.41, 5.74) is 2.91. The van der Waals surface area contributed by atoms with Gasteiger partial charge in [-0.2, -0.15) is 0 Å². The molecule has 0 aliphatic rings. The number of nitrogens with one attached hydrogen (secondary N) is 2. The Kier molecular flexibility index (Phi) is 6.41. The van der Waals surface area contributed by atoms with Gasteiger partial charge < -0.3 is 15.4 Å². The highest BCUT2D eigenvalue weighted by Crippen LogP contribution is 2.13. The van der Waals surface area contributed by atoms with Gasteiger partial charge in [-0.3, -0.25) is 4.79 Å². The summed E-state index contributed by atoms with van der Waals surface area (Å²) in [5.74, 6) is 1.59. The van der Waals surface area contributed by atoms with Crippen LogP contribution >= 0.6 is 0 Å². The SMILES string of the molecule is COc1ccc(CCNc2ccc(NC(=O)Cc3ccccc3)cn2)cc1. The maximum Gasteiger partial charge on any atom is 0.228 e. The third-order valence-corrected chi connectivity index (χ3v) is 4.13. The fourth-order valence-corrected chi connectivity index (χ4v) is 2.69. The van der Waals surface area contributed by atoms with E-state index in [2.05, 4.69) is 27.8 Å². The van der Waals surface area contributed by atoms with Crippen molar-refractivity contribution in [3.05, 3.63) is 84.1 Å². The number of amides is 1. The summed E-state index contributed by atoms with van der Waals surface area (Å²) in [6, 6.07) is 21.4. The minimum absolute atomic E-state index is 0.0526. The average molecular weight is 361 g/mol. The molecule has 0 radical (unpaired) electrons. The molecule has 0 saturated carbocycles. The molecule has 0 aliphatic heterocycles. The summed E-state index contributed by atoms with van der Waals surface area (Å²) < 4.78 is 5.16. The number of carbonyl (C=O) groups excluding carboxylic acids is 1. The number of pyridine rings is 1. The zero-order valence-corrected chi connectivity index (χ0v) is 15.3. The molecule has 0 spiro atoms. The molecule has 0 bridgehead atoms. The normalized spacial score (nSPS) is 10.3. The second-order valence-corrected chi connectivity index (χ2v) is 6.17. The lowest BCUT2D eigenvalue weighted by Crippen LogP contribution is -2.14. The van der Waals surface area contributed by atoms with Crippen LogP contribution in [-0.2, 0) is 17.6 Å². The third-order valence-electron chi connectivity index (χ3n) is 4.13. The summed E-state index contributed by atoms with van der Waals surface area (Å²) >= 11 is 0. The molecule has 3 rings (SSSR count). The molecule has 5 heteroatoms. The van der Waals surface area contributed by atoms with Crippen LogP contribution in [0.2, 0.25) is 0 Å². The number of hydrogen-bond donors (Lipinski definition) is 2. The van der Waals surface area contributed by atoms with Gasteiger partial charge in [0.15, 0.2) is 0 Å². The lowest BCUT2D eigenvalue weighted by Gasteiger charge is -2.08. The van der Waals surface area contributed by atoms with E-state index in [9.17, 15) is 4.79 Å². The Morgan fingerprint density at radius 2 is 1.74 bits per heavy atom. The van der Waals surface area contributed by atoms with Gasteiger partial charge in [-0.05, 0) is 41.8 Å². The van der Waals surface area contributed by atoms with Crippen LogP contribution in [0.3, 0.4) is 0 Å². The van der Waals surface area contributed by atoms with Crippen molar-refractivity contribution in [2.45, 2.75) is 12.8 Å². The second-order valence-electron chi connectivity index (χ2n) is 6.17. The van der Waals surface area contributed by atoms with Crippen molar-refractivity contribution >= 4 is 17.4 Å². The first kappa shape index (κ1) is 18.5. The Morgan fingerprint density at radius 3 is 2.41 bits per heavy atom.